The number of rotatable bonds is 6. The minimum Gasteiger partial charge on any atom is -0.453 e. The lowest BCUT2D eigenvalue weighted by atomic mass is 10.0. The molecule has 6 rings (SSSR count). The lowest BCUT2D eigenvalue weighted by molar-refractivity contribution is -0.156. The summed E-state index contributed by atoms with van der Waals surface area (Å²) in [4.78, 5) is 25.1. The van der Waals surface area contributed by atoms with Crippen molar-refractivity contribution in [3.63, 3.8) is 0 Å². The average molecular weight is 547 g/mol. The van der Waals surface area contributed by atoms with Gasteiger partial charge < -0.3 is 34.5 Å². The highest BCUT2D eigenvalue weighted by Crippen LogP contribution is 2.43. The van der Waals surface area contributed by atoms with Gasteiger partial charge in [-0.1, -0.05) is 11.6 Å². The van der Waals surface area contributed by atoms with E-state index in [1.165, 1.54) is 19.4 Å². The number of nitrogens with zero attached hydrogens (tertiary/aromatic N) is 4. The van der Waals surface area contributed by atoms with Crippen molar-refractivity contribution in [1.82, 2.24) is 24.8 Å². The van der Waals surface area contributed by atoms with Gasteiger partial charge in [-0.2, -0.15) is 0 Å². The Morgan fingerprint density at radius 1 is 1.29 bits per heavy atom. The molecule has 1 aromatic carbocycles. The topological polar surface area (TPSA) is 133 Å². The number of hydrogen-bond donors (Lipinski definition) is 3. The molecule has 13 heteroatoms. The number of alkyl carbamates (subject to hydrolysis) is 1. The molecule has 3 fully saturated rings. The SMILES string of the molecule is COC(=O)N[C@@H]1CC1c1nc2c(F)cc(-c3nc(N[C@@H]4C[C@H]5CO[C@H](O5)[C@H]4O)ncc3Cl)cc2n1C(C)C. The molecule has 4 heterocycles. The van der Waals surface area contributed by atoms with Gasteiger partial charge in [0.05, 0.1) is 48.3 Å². The number of carbonyl (C=O) groups excluding carboxylic acids is 1. The Balaban J connectivity index is 1.33. The summed E-state index contributed by atoms with van der Waals surface area (Å²) in [6, 6.07) is 2.66. The third-order valence-electron chi connectivity index (χ3n) is 7.22. The molecule has 1 amide bonds. The van der Waals surface area contributed by atoms with E-state index in [9.17, 15) is 9.90 Å². The third-order valence-corrected chi connectivity index (χ3v) is 7.49. The van der Waals surface area contributed by atoms with E-state index in [-0.39, 0.29) is 46.6 Å². The maximum Gasteiger partial charge on any atom is 0.407 e. The molecular formula is C25H28ClFN6O5. The van der Waals surface area contributed by atoms with E-state index in [2.05, 4.69) is 25.6 Å². The van der Waals surface area contributed by atoms with Crippen LogP contribution in [0.4, 0.5) is 15.1 Å². The Morgan fingerprint density at radius 2 is 2.11 bits per heavy atom. The number of benzene rings is 1. The summed E-state index contributed by atoms with van der Waals surface area (Å²) in [5.74, 6) is 0.404. The first-order valence-electron chi connectivity index (χ1n) is 12.5. The minimum absolute atomic E-state index is 0.0188. The van der Waals surface area contributed by atoms with Crippen molar-refractivity contribution < 1.29 is 28.5 Å². The number of hydrogen-bond acceptors (Lipinski definition) is 9. The Labute approximate surface area is 222 Å². The highest BCUT2D eigenvalue weighted by Gasteiger charge is 2.45. The van der Waals surface area contributed by atoms with Crippen LogP contribution in [0.5, 0.6) is 0 Å². The number of anilines is 1. The number of amides is 1. The quantitative estimate of drug-likeness (QED) is 0.425. The van der Waals surface area contributed by atoms with Crippen LogP contribution in [0.2, 0.25) is 5.02 Å². The number of carbonyl (C=O) groups is 1. The second-order valence-corrected chi connectivity index (χ2v) is 10.6. The zero-order chi connectivity index (χ0) is 26.7. The van der Waals surface area contributed by atoms with Crippen molar-refractivity contribution in [3.8, 4) is 11.3 Å². The fourth-order valence-electron chi connectivity index (χ4n) is 5.30. The van der Waals surface area contributed by atoms with Crippen LogP contribution in [0.3, 0.4) is 0 Å². The van der Waals surface area contributed by atoms with Crippen molar-refractivity contribution in [1.29, 1.82) is 0 Å². The second kappa shape index (κ2) is 9.60. The number of imidazole rings is 1. The lowest BCUT2D eigenvalue weighted by Gasteiger charge is -2.32. The molecule has 0 radical (unpaired) electrons. The molecule has 2 aromatic heterocycles. The van der Waals surface area contributed by atoms with E-state index in [1.54, 1.807) is 0 Å². The monoisotopic (exact) mass is 546 g/mol. The fraction of sp³-hybridized carbons (Fsp3) is 0.520. The molecule has 202 valence electrons. The molecule has 38 heavy (non-hydrogen) atoms. The Bertz CT molecular complexity index is 1400. The molecule has 3 aromatic rings. The summed E-state index contributed by atoms with van der Waals surface area (Å²) in [5.41, 5.74) is 1.66. The molecule has 6 atom stereocenters. The largest absolute Gasteiger partial charge is 0.453 e. The Morgan fingerprint density at radius 3 is 2.87 bits per heavy atom. The summed E-state index contributed by atoms with van der Waals surface area (Å²) in [5, 5.41) is 16.7. The normalized spacial score (nSPS) is 28.1. The van der Waals surface area contributed by atoms with Gasteiger partial charge in [0.25, 0.3) is 0 Å². The van der Waals surface area contributed by atoms with Gasteiger partial charge in [-0.05, 0) is 38.8 Å². The zero-order valence-corrected chi connectivity index (χ0v) is 21.8. The molecule has 11 nitrogen and oxygen atoms in total. The average Bonchev–Trinajstić information content (AvgIpc) is 3.34. The first kappa shape index (κ1) is 25.2. The summed E-state index contributed by atoms with van der Waals surface area (Å²) >= 11 is 6.47. The molecule has 0 spiro atoms. The van der Waals surface area contributed by atoms with Crippen LogP contribution in [0, 0.1) is 5.82 Å². The molecule has 2 aliphatic heterocycles. The first-order chi connectivity index (χ1) is 18.2. The van der Waals surface area contributed by atoms with Crippen LogP contribution in [0.25, 0.3) is 22.3 Å². The van der Waals surface area contributed by atoms with Gasteiger partial charge in [0.2, 0.25) is 5.95 Å². The van der Waals surface area contributed by atoms with E-state index >= 15 is 4.39 Å². The summed E-state index contributed by atoms with van der Waals surface area (Å²) in [6.07, 6.45) is 0.486. The predicted octanol–water partition coefficient (Wildman–Crippen LogP) is 3.37. The van der Waals surface area contributed by atoms with Crippen molar-refractivity contribution in [2.75, 3.05) is 19.0 Å². The van der Waals surface area contributed by atoms with Crippen LogP contribution < -0.4 is 10.6 Å². The molecule has 1 saturated carbocycles. The van der Waals surface area contributed by atoms with Gasteiger partial charge >= 0.3 is 6.09 Å². The molecule has 1 unspecified atom stereocenters. The Hall–Kier alpha value is -3.06. The molecule has 2 saturated heterocycles. The maximum atomic E-state index is 15.5. The number of fused-ring (bicyclic) bond motifs is 3. The first-order valence-corrected chi connectivity index (χ1v) is 12.9. The van der Waals surface area contributed by atoms with E-state index in [0.717, 1.165) is 0 Å². The summed E-state index contributed by atoms with van der Waals surface area (Å²) < 4.78 is 33.2. The van der Waals surface area contributed by atoms with Gasteiger partial charge in [0, 0.05) is 23.6 Å². The number of methoxy groups -OCH3 is 1. The van der Waals surface area contributed by atoms with Crippen LogP contribution >= 0.6 is 11.6 Å². The summed E-state index contributed by atoms with van der Waals surface area (Å²) in [6.45, 7) is 4.42. The number of aliphatic hydroxyl groups is 1. The maximum absolute atomic E-state index is 15.5. The van der Waals surface area contributed by atoms with Crippen molar-refractivity contribution in [2.45, 2.75) is 69.2 Å². The fourth-order valence-corrected chi connectivity index (χ4v) is 5.50. The summed E-state index contributed by atoms with van der Waals surface area (Å²) in [7, 11) is 1.32. The molecule has 1 aliphatic carbocycles. The zero-order valence-electron chi connectivity index (χ0n) is 21.0. The standard InChI is InChI=1S/C25H28ClFN6O5/c1-10(2)33-18-5-11(4-15(27)20(18)31-22(33)13-7-16(13)30-25(35)36-3)19-14(26)8-28-24(32-19)29-17-6-12-9-37-23(38-12)21(17)34/h4-5,8,10,12-13,16-17,21,23,34H,6-7,9H2,1-3H3,(H,30,35)(H,28,29,32)/t12-,13?,16+,17+,21-,23+/m0/s1. The van der Waals surface area contributed by atoms with Crippen LogP contribution in [0.15, 0.2) is 18.3 Å². The van der Waals surface area contributed by atoms with Crippen molar-refractivity contribution in [3.05, 3.63) is 35.0 Å². The highest BCUT2D eigenvalue weighted by atomic mass is 35.5. The van der Waals surface area contributed by atoms with E-state index in [1.807, 2.05) is 24.5 Å². The smallest absolute Gasteiger partial charge is 0.407 e. The molecule has 2 bridgehead atoms. The number of ether oxygens (including phenoxy) is 3. The van der Waals surface area contributed by atoms with Gasteiger partial charge in [-0.25, -0.2) is 24.1 Å². The van der Waals surface area contributed by atoms with E-state index < -0.39 is 24.3 Å². The number of aromatic nitrogens is 4. The van der Waals surface area contributed by atoms with Gasteiger partial charge in [0.1, 0.15) is 17.4 Å². The molecule has 3 aliphatic rings. The Kier molecular flexibility index (Phi) is 6.37. The minimum atomic E-state index is -0.885. The van der Waals surface area contributed by atoms with Gasteiger partial charge in [0.15, 0.2) is 12.1 Å². The number of halogens is 2. The molecule has 3 N–H and O–H groups in total. The van der Waals surface area contributed by atoms with Crippen LogP contribution in [0.1, 0.15) is 44.5 Å². The lowest BCUT2D eigenvalue weighted by Crippen LogP contribution is -2.48. The molecular weight excluding hydrogens is 519 g/mol. The third kappa shape index (κ3) is 4.45. The second-order valence-electron chi connectivity index (χ2n) is 10.2. The van der Waals surface area contributed by atoms with E-state index in [4.69, 9.17) is 25.8 Å². The van der Waals surface area contributed by atoms with Crippen molar-refractivity contribution >= 4 is 34.7 Å². The van der Waals surface area contributed by atoms with E-state index in [0.29, 0.717) is 42.0 Å². The van der Waals surface area contributed by atoms with Crippen LogP contribution in [-0.4, -0.2) is 75.0 Å². The van der Waals surface area contributed by atoms with Gasteiger partial charge in [-0.15, -0.1) is 0 Å². The van der Waals surface area contributed by atoms with Crippen molar-refractivity contribution in [2.24, 2.45) is 0 Å². The van der Waals surface area contributed by atoms with Gasteiger partial charge in [-0.3, -0.25) is 0 Å². The number of nitrogens with one attached hydrogen (secondary N) is 2. The highest BCUT2D eigenvalue weighted by molar-refractivity contribution is 6.33. The van der Waals surface area contributed by atoms with Crippen LogP contribution in [-0.2, 0) is 14.2 Å². The predicted molar refractivity (Wildman–Crippen MR) is 135 cm³/mol. The number of aliphatic hydroxyl groups excluding tert-OH is 1.